The van der Waals surface area contributed by atoms with E-state index in [1.165, 1.54) is 6.07 Å². The van der Waals surface area contributed by atoms with Crippen LogP contribution in [0, 0.1) is 19.7 Å². The maximum Gasteiger partial charge on any atom is 0.221 e. The summed E-state index contributed by atoms with van der Waals surface area (Å²) in [5.41, 5.74) is 5.30. The number of ether oxygens (including phenoxy) is 1. The van der Waals surface area contributed by atoms with Gasteiger partial charge in [-0.05, 0) is 49.7 Å². The SMILES string of the molecule is Cc1cc(C)n(CCC(=O)NCC2Cc3cc(-c4cnc5ccccc5c4)cc(F)c3O2)n1. The number of halogens is 1. The molecular weight excluding hydrogens is 419 g/mol. The van der Waals surface area contributed by atoms with Crippen molar-refractivity contribution in [3.05, 3.63) is 77.5 Å². The Kier molecular flexibility index (Phi) is 5.54. The molecule has 1 aliphatic heterocycles. The molecule has 1 atom stereocenters. The van der Waals surface area contributed by atoms with Gasteiger partial charge in [0.15, 0.2) is 11.6 Å². The Morgan fingerprint density at radius 1 is 1.18 bits per heavy atom. The summed E-state index contributed by atoms with van der Waals surface area (Å²) in [5.74, 6) is -0.200. The van der Waals surface area contributed by atoms with Gasteiger partial charge in [0.05, 0.1) is 17.8 Å². The van der Waals surface area contributed by atoms with E-state index in [4.69, 9.17) is 4.74 Å². The van der Waals surface area contributed by atoms with Crippen molar-refractivity contribution in [2.24, 2.45) is 0 Å². The highest BCUT2D eigenvalue weighted by Gasteiger charge is 2.27. The van der Waals surface area contributed by atoms with Crippen LogP contribution in [-0.2, 0) is 17.8 Å². The van der Waals surface area contributed by atoms with Crippen LogP contribution in [0.3, 0.4) is 0 Å². The number of pyridine rings is 1. The van der Waals surface area contributed by atoms with Gasteiger partial charge in [-0.25, -0.2) is 4.39 Å². The first-order valence-electron chi connectivity index (χ1n) is 11.1. The van der Waals surface area contributed by atoms with Crippen LogP contribution < -0.4 is 10.1 Å². The number of aromatic nitrogens is 3. The van der Waals surface area contributed by atoms with Gasteiger partial charge in [0.2, 0.25) is 5.91 Å². The summed E-state index contributed by atoms with van der Waals surface area (Å²) in [5, 5.41) is 8.28. The lowest BCUT2D eigenvalue weighted by atomic mass is 10.0. The number of fused-ring (bicyclic) bond motifs is 2. The van der Waals surface area contributed by atoms with Gasteiger partial charge in [0.25, 0.3) is 0 Å². The monoisotopic (exact) mass is 444 g/mol. The molecule has 0 aliphatic carbocycles. The standard InChI is InChI=1S/C26H25FN4O2/c1-16-9-17(2)31(30-16)8-7-25(32)29-15-22-12-20-11-19(13-23(27)26(20)33-22)21-10-18-5-3-4-6-24(18)28-14-21/h3-6,9-11,13-14,22H,7-8,12,15H2,1-2H3,(H,29,32). The summed E-state index contributed by atoms with van der Waals surface area (Å²) in [6.07, 6.45) is 2.34. The number of hydrogen-bond acceptors (Lipinski definition) is 4. The largest absolute Gasteiger partial charge is 0.485 e. The number of carbonyl (C=O) groups excluding carboxylic acids is 1. The fourth-order valence-corrected chi connectivity index (χ4v) is 4.32. The van der Waals surface area contributed by atoms with Crippen LogP contribution in [0.25, 0.3) is 22.0 Å². The Morgan fingerprint density at radius 3 is 2.85 bits per heavy atom. The van der Waals surface area contributed by atoms with Gasteiger partial charge in [0.1, 0.15) is 6.10 Å². The summed E-state index contributed by atoms with van der Waals surface area (Å²) in [6.45, 7) is 4.75. The molecule has 1 amide bonds. The summed E-state index contributed by atoms with van der Waals surface area (Å²) in [6, 6.07) is 15.3. The number of nitrogens with one attached hydrogen (secondary N) is 1. The second-order valence-corrected chi connectivity index (χ2v) is 8.51. The summed E-state index contributed by atoms with van der Waals surface area (Å²) in [7, 11) is 0. The Morgan fingerprint density at radius 2 is 2.03 bits per heavy atom. The van der Waals surface area contributed by atoms with Gasteiger partial charge in [-0.2, -0.15) is 5.10 Å². The number of amides is 1. The zero-order valence-corrected chi connectivity index (χ0v) is 18.6. The van der Waals surface area contributed by atoms with Crippen molar-refractivity contribution in [3.63, 3.8) is 0 Å². The van der Waals surface area contributed by atoms with Gasteiger partial charge in [-0.3, -0.25) is 14.5 Å². The van der Waals surface area contributed by atoms with Crippen molar-refractivity contribution >= 4 is 16.8 Å². The first-order chi connectivity index (χ1) is 16.0. The predicted octanol–water partition coefficient (Wildman–Crippen LogP) is 4.36. The molecule has 6 nitrogen and oxygen atoms in total. The van der Waals surface area contributed by atoms with Gasteiger partial charge in [-0.15, -0.1) is 0 Å². The van der Waals surface area contributed by atoms with E-state index in [1.807, 2.05) is 61.0 Å². The molecule has 7 heteroatoms. The van der Waals surface area contributed by atoms with Crippen LogP contribution >= 0.6 is 0 Å². The average molecular weight is 445 g/mol. The molecular formula is C26H25FN4O2. The van der Waals surface area contributed by atoms with Crippen molar-refractivity contribution in [2.75, 3.05) is 6.54 Å². The first kappa shape index (κ1) is 21.1. The topological polar surface area (TPSA) is 69.0 Å². The van der Waals surface area contributed by atoms with Gasteiger partial charge in [0, 0.05) is 47.8 Å². The second-order valence-electron chi connectivity index (χ2n) is 8.51. The first-order valence-corrected chi connectivity index (χ1v) is 11.1. The van der Waals surface area contributed by atoms with E-state index in [-0.39, 0.29) is 17.8 Å². The highest BCUT2D eigenvalue weighted by molar-refractivity contribution is 5.83. The van der Waals surface area contributed by atoms with Crippen molar-refractivity contribution < 1.29 is 13.9 Å². The summed E-state index contributed by atoms with van der Waals surface area (Å²) < 4.78 is 22.5. The van der Waals surface area contributed by atoms with Crippen LogP contribution in [0.2, 0.25) is 0 Å². The molecule has 1 N–H and O–H groups in total. The number of benzene rings is 2. The Bertz CT molecular complexity index is 1350. The molecule has 33 heavy (non-hydrogen) atoms. The normalized spacial score (nSPS) is 14.8. The van der Waals surface area contributed by atoms with Crippen LogP contribution in [0.4, 0.5) is 4.39 Å². The van der Waals surface area contributed by atoms with E-state index in [9.17, 15) is 9.18 Å². The molecule has 1 unspecified atom stereocenters. The number of rotatable bonds is 6. The molecule has 0 saturated carbocycles. The Balaban J connectivity index is 1.22. The number of hydrogen-bond donors (Lipinski definition) is 1. The van der Waals surface area contributed by atoms with E-state index >= 15 is 0 Å². The van der Waals surface area contributed by atoms with Gasteiger partial charge >= 0.3 is 0 Å². The fourth-order valence-electron chi connectivity index (χ4n) is 4.32. The van der Waals surface area contributed by atoms with Crippen molar-refractivity contribution in [3.8, 4) is 16.9 Å². The quantitative estimate of drug-likeness (QED) is 0.480. The molecule has 0 fully saturated rings. The molecule has 3 heterocycles. The maximum atomic E-state index is 14.8. The predicted molar refractivity (Wildman–Crippen MR) is 125 cm³/mol. The Hall–Kier alpha value is -3.74. The van der Waals surface area contributed by atoms with E-state index in [1.54, 1.807) is 6.20 Å². The highest BCUT2D eigenvalue weighted by atomic mass is 19.1. The maximum absolute atomic E-state index is 14.8. The molecule has 1 aliphatic rings. The van der Waals surface area contributed by atoms with Gasteiger partial charge < -0.3 is 10.1 Å². The van der Waals surface area contributed by atoms with Crippen LogP contribution in [0.5, 0.6) is 5.75 Å². The molecule has 0 bridgehead atoms. The number of nitrogens with zero attached hydrogens (tertiary/aromatic N) is 3. The molecule has 4 aromatic rings. The van der Waals surface area contributed by atoms with E-state index < -0.39 is 5.82 Å². The third kappa shape index (κ3) is 4.44. The zero-order chi connectivity index (χ0) is 22.9. The molecule has 2 aromatic carbocycles. The molecule has 0 spiro atoms. The molecule has 2 aromatic heterocycles. The number of aryl methyl sites for hydroxylation is 3. The van der Waals surface area contributed by atoms with Crippen LogP contribution in [0.1, 0.15) is 23.4 Å². The fraction of sp³-hybridized carbons (Fsp3) is 0.269. The number of carbonyl (C=O) groups is 1. The Labute approximate surface area is 191 Å². The van der Waals surface area contributed by atoms with E-state index in [0.29, 0.717) is 25.9 Å². The van der Waals surface area contributed by atoms with Gasteiger partial charge in [-0.1, -0.05) is 18.2 Å². The summed E-state index contributed by atoms with van der Waals surface area (Å²) in [4.78, 5) is 16.8. The van der Waals surface area contributed by atoms with E-state index in [0.717, 1.165) is 39.0 Å². The second kappa shape index (κ2) is 8.65. The number of para-hydroxylation sites is 1. The minimum Gasteiger partial charge on any atom is -0.485 e. The van der Waals surface area contributed by atoms with Crippen molar-refractivity contribution in [2.45, 2.75) is 39.3 Å². The third-order valence-corrected chi connectivity index (χ3v) is 5.96. The smallest absolute Gasteiger partial charge is 0.221 e. The minimum atomic E-state index is -0.394. The molecule has 0 radical (unpaired) electrons. The average Bonchev–Trinajstić information content (AvgIpc) is 3.37. The van der Waals surface area contributed by atoms with Crippen molar-refractivity contribution in [1.29, 1.82) is 0 Å². The summed E-state index contributed by atoms with van der Waals surface area (Å²) >= 11 is 0. The van der Waals surface area contributed by atoms with Crippen LogP contribution in [0.15, 0.2) is 54.7 Å². The lowest BCUT2D eigenvalue weighted by Crippen LogP contribution is -2.34. The lowest BCUT2D eigenvalue weighted by Gasteiger charge is -2.12. The van der Waals surface area contributed by atoms with E-state index in [2.05, 4.69) is 15.4 Å². The molecule has 5 rings (SSSR count). The molecule has 0 saturated heterocycles. The highest BCUT2D eigenvalue weighted by Crippen LogP contribution is 2.36. The lowest BCUT2D eigenvalue weighted by molar-refractivity contribution is -0.121. The van der Waals surface area contributed by atoms with Crippen molar-refractivity contribution in [1.82, 2.24) is 20.1 Å². The third-order valence-electron chi connectivity index (χ3n) is 5.96. The van der Waals surface area contributed by atoms with Crippen LogP contribution in [-0.4, -0.2) is 33.3 Å². The molecule has 168 valence electrons. The minimum absolute atomic E-state index is 0.0782. The zero-order valence-electron chi connectivity index (χ0n) is 18.6.